The van der Waals surface area contributed by atoms with Crippen molar-refractivity contribution in [1.82, 2.24) is 4.90 Å². The van der Waals surface area contributed by atoms with Crippen molar-refractivity contribution in [3.05, 3.63) is 34.9 Å². The van der Waals surface area contributed by atoms with Gasteiger partial charge in [-0.25, -0.2) is 0 Å². The Kier molecular flexibility index (Phi) is 3.46. The second-order valence-corrected chi connectivity index (χ2v) is 3.57. The zero-order chi connectivity index (χ0) is 11.4. The van der Waals surface area contributed by atoms with Crippen molar-refractivity contribution >= 4 is 5.91 Å². The summed E-state index contributed by atoms with van der Waals surface area (Å²) in [5.41, 5.74) is 2.74. The summed E-state index contributed by atoms with van der Waals surface area (Å²) in [4.78, 5) is 13.3. The minimum atomic E-state index is -0.0993. The van der Waals surface area contributed by atoms with Gasteiger partial charge in [-0.3, -0.25) is 4.79 Å². The SMILES string of the molecule is Cc1cccc(C(=O)N(C)CC#N)c1C. The minimum absolute atomic E-state index is 0.0993. The van der Waals surface area contributed by atoms with Gasteiger partial charge in [0.05, 0.1) is 6.07 Å². The maximum absolute atomic E-state index is 11.9. The van der Waals surface area contributed by atoms with Crippen LogP contribution in [0.3, 0.4) is 0 Å². The highest BCUT2D eigenvalue weighted by atomic mass is 16.2. The maximum Gasteiger partial charge on any atom is 0.254 e. The van der Waals surface area contributed by atoms with Crippen LogP contribution < -0.4 is 0 Å². The second-order valence-electron chi connectivity index (χ2n) is 3.57. The highest BCUT2D eigenvalue weighted by Gasteiger charge is 2.13. The molecule has 0 fully saturated rings. The first-order chi connectivity index (χ1) is 7.07. The summed E-state index contributed by atoms with van der Waals surface area (Å²) in [6, 6.07) is 7.57. The molecule has 0 radical (unpaired) electrons. The van der Waals surface area contributed by atoms with Crippen molar-refractivity contribution in [3.63, 3.8) is 0 Å². The van der Waals surface area contributed by atoms with Gasteiger partial charge >= 0.3 is 0 Å². The van der Waals surface area contributed by atoms with Crippen LogP contribution in [0.15, 0.2) is 18.2 Å². The Morgan fingerprint density at radius 1 is 1.47 bits per heavy atom. The number of carbonyl (C=O) groups excluding carboxylic acids is 1. The van der Waals surface area contributed by atoms with E-state index in [2.05, 4.69) is 0 Å². The van der Waals surface area contributed by atoms with Gasteiger partial charge in [-0.05, 0) is 31.0 Å². The number of hydrogen-bond acceptors (Lipinski definition) is 2. The van der Waals surface area contributed by atoms with E-state index >= 15 is 0 Å². The summed E-state index contributed by atoms with van der Waals surface area (Å²) >= 11 is 0. The lowest BCUT2D eigenvalue weighted by Crippen LogP contribution is -2.27. The minimum Gasteiger partial charge on any atom is -0.328 e. The number of aryl methyl sites for hydroxylation is 1. The summed E-state index contributed by atoms with van der Waals surface area (Å²) in [6.07, 6.45) is 0. The van der Waals surface area contributed by atoms with Crippen molar-refractivity contribution in [2.75, 3.05) is 13.6 Å². The Bertz CT molecular complexity index is 418. The van der Waals surface area contributed by atoms with Crippen LogP contribution in [0.5, 0.6) is 0 Å². The van der Waals surface area contributed by atoms with Crippen molar-refractivity contribution < 1.29 is 4.79 Å². The molecule has 3 heteroatoms. The van der Waals surface area contributed by atoms with Gasteiger partial charge in [0.25, 0.3) is 5.91 Å². The lowest BCUT2D eigenvalue weighted by Gasteiger charge is -2.15. The van der Waals surface area contributed by atoms with Crippen LogP contribution in [0, 0.1) is 25.2 Å². The van der Waals surface area contributed by atoms with E-state index in [-0.39, 0.29) is 12.5 Å². The molecule has 3 nitrogen and oxygen atoms in total. The molecule has 0 atom stereocenters. The molecular weight excluding hydrogens is 188 g/mol. The van der Waals surface area contributed by atoms with Gasteiger partial charge in [-0.15, -0.1) is 0 Å². The van der Waals surface area contributed by atoms with Crippen molar-refractivity contribution in [2.24, 2.45) is 0 Å². The fourth-order valence-electron chi connectivity index (χ4n) is 1.37. The fraction of sp³-hybridized carbons (Fsp3) is 0.333. The number of amides is 1. The topological polar surface area (TPSA) is 44.1 Å². The zero-order valence-corrected chi connectivity index (χ0v) is 9.24. The van der Waals surface area contributed by atoms with E-state index < -0.39 is 0 Å². The Morgan fingerprint density at radius 2 is 2.13 bits per heavy atom. The predicted octanol–water partition coefficient (Wildman–Crippen LogP) is 1.90. The predicted molar refractivity (Wildman–Crippen MR) is 58.5 cm³/mol. The molecule has 15 heavy (non-hydrogen) atoms. The molecule has 1 aromatic rings. The quantitative estimate of drug-likeness (QED) is 0.687. The van der Waals surface area contributed by atoms with Crippen LogP contribution in [-0.4, -0.2) is 24.4 Å². The monoisotopic (exact) mass is 202 g/mol. The molecule has 0 saturated carbocycles. The molecule has 1 amide bonds. The van der Waals surface area contributed by atoms with Gasteiger partial charge in [-0.2, -0.15) is 5.26 Å². The molecule has 0 aliphatic heterocycles. The Balaban J connectivity index is 3.02. The third-order valence-corrected chi connectivity index (χ3v) is 2.49. The molecule has 0 aliphatic rings. The molecule has 1 rings (SSSR count). The Labute approximate surface area is 89.9 Å². The first-order valence-electron chi connectivity index (χ1n) is 4.76. The fourth-order valence-corrected chi connectivity index (χ4v) is 1.37. The number of nitriles is 1. The molecule has 0 aliphatic carbocycles. The number of carbonyl (C=O) groups is 1. The van der Waals surface area contributed by atoms with E-state index in [0.717, 1.165) is 11.1 Å². The van der Waals surface area contributed by atoms with E-state index in [1.54, 1.807) is 13.1 Å². The molecule has 78 valence electrons. The van der Waals surface area contributed by atoms with Crippen LogP contribution in [0.4, 0.5) is 0 Å². The summed E-state index contributed by atoms with van der Waals surface area (Å²) in [6.45, 7) is 4.01. The zero-order valence-electron chi connectivity index (χ0n) is 9.24. The molecule has 0 N–H and O–H groups in total. The van der Waals surface area contributed by atoms with Crippen LogP contribution >= 0.6 is 0 Å². The maximum atomic E-state index is 11.9. The third kappa shape index (κ3) is 2.35. The summed E-state index contributed by atoms with van der Waals surface area (Å²) in [5.74, 6) is -0.0993. The van der Waals surface area contributed by atoms with Gasteiger partial charge < -0.3 is 4.90 Å². The van der Waals surface area contributed by atoms with Gasteiger partial charge in [0.2, 0.25) is 0 Å². The average Bonchev–Trinajstić information content (AvgIpc) is 2.21. The van der Waals surface area contributed by atoms with E-state index in [0.29, 0.717) is 5.56 Å². The van der Waals surface area contributed by atoms with Crippen molar-refractivity contribution in [2.45, 2.75) is 13.8 Å². The van der Waals surface area contributed by atoms with E-state index in [1.165, 1.54) is 4.90 Å². The van der Waals surface area contributed by atoms with Crippen LogP contribution in [-0.2, 0) is 0 Å². The third-order valence-electron chi connectivity index (χ3n) is 2.49. The lowest BCUT2D eigenvalue weighted by atomic mass is 10.0. The molecule has 1 aromatic carbocycles. The van der Waals surface area contributed by atoms with Gasteiger partial charge in [0, 0.05) is 12.6 Å². The molecular formula is C12H14N2O. The summed E-state index contributed by atoms with van der Waals surface area (Å²) < 4.78 is 0. The number of nitrogens with zero attached hydrogens (tertiary/aromatic N) is 2. The highest BCUT2D eigenvalue weighted by Crippen LogP contribution is 2.14. The number of hydrogen-bond donors (Lipinski definition) is 0. The second kappa shape index (κ2) is 4.61. The summed E-state index contributed by atoms with van der Waals surface area (Å²) in [7, 11) is 1.63. The van der Waals surface area contributed by atoms with Gasteiger partial charge in [-0.1, -0.05) is 12.1 Å². The van der Waals surface area contributed by atoms with Crippen molar-refractivity contribution in [1.29, 1.82) is 5.26 Å². The molecule has 0 bridgehead atoms. The first kappa shape index (κ1) is 11.3. The normalized spacial score (nSPS) is 9.47. The van der Waals surface area contributed by atoms with Crippen molar-refractivity contribution in [3.8, 4) is 6.07 Å². The Morgan fingerprint density at radius 3 is 2.73 bits per heavy atom. The van der Waals surface area contributed by atoms with Gasteiger partial charge in [0.1, 0.15) is 6.54 Å². The van der Waals surface area contributed by atoms with Crippen LogP contribution in [0.1, 0.15) is 21.5 Å². The molecule has 0 saturated heterocycles. The largest absolute Gasteiger partial charge is 0.328 e. The van der Waals surface area contributed by atoms with E-state index in [4.69, 9.17) is 5.26 Å². The molecule has 0 unspecified atom stereocenters. The standard InChI is InChI=1S/C12H14N2O/c1-9-5-4-6-11(10(9)2)12(15)14(3)8-7-13/h4-6H,8H2,1-3H3. The number of rotatable bonds is 2. The molecule has 0 spiro atoms. The lowest BCUT2D eigenvalue weighted by molar-refractivity contribution is 0.0811. The number of benzene rings is 1. The average molecular weight is 202 g/mol. The van der Waals surface area contributed by atoms with Crippen LogP contribution in [0.2, 0.25) is 0 Å². The smallest absolute Gasteiger partial charge is 0.254 e. The summed E-state index contributed by atoms with van der Waals surface area (Å²) in [5, 5.41) is 8.51. The first-order valence-corrected chi connectivity index (χ1v) is 4.76. The molecule has 0 aromatic heterocycles. The van der Waals surface area contributed by atoms with E-state index in [9.17, 15) is 4.79 Å². The van der Waals surface area contributed by atoms with E-state index in [1.807, 2.05) is 32.0 Å². The molecule has 0 heterocycles. The van der Waals surface area contributed by atoms with Gasteiger partial charge in [0.15, 0.2) is 0 Å². The Hall–Kier alpha value is -1.82. The highest BCUT2D eigenvalue weighted by molar-refractivity contribution is 5.95. The van der Waals surface area contributed by atoms with Crippen LogP contribution in [0.25, 0.3) is 0 Å².